The second-order valence-electron chi connectivity index (χ2n) is 10.7. The van der Waals surface area contributed by atoms with E-state index in [1.165, 1.54) is 6.42 Å². The highest BCUT2D eigenvalue weighted by atomic mass is 32.1. The molecule has 1 saturated carbocycles. The van der Waals surface area contributed by atoms with Crippen LogP contribution < -0.4 is 20.4 Å². The van der Waals surface area contributed by atoms with Gasteiger partial charge in [0, 0.05) is 24.0 Å². The van der Waals surface area contributed by atoms with Crippen molar-refractivity contribution in [2.45, 2.75) is 46.1 Å². The molecule has 2 aromatic heterocycles. The standard InChI is InChI=1S/C30H33N5O3S/c1-18-9-8-12-24(19(18)2)34-25(21-13-14-26-23(15-21)31-27(36)16-38-26)17-39-30(34)32-28-20(3)33(4)35(29(28)37)22-10-6-5-7-11-22/h5-7,10-11,13-15,17-19,24H,8-9,12,16H2,1-4H3,(H,31,36). The molecule has 1 N–H and O–H groups in total. The molecule has 1 aliphatic heterocycles. The lowest BCUT2D eigenvalue weighted by Gasteiger charge is -2.36. The fraction of sp³-hybridized carbons (Fsp3) is 0.367. The molecule has 1 fully saturated rings. The molecule has 3 unspecified atom stereocenters. The van der Waals surface area contributed by atoms with Crippen LogP contribution in [0.3, 0.4) is 0 Å². The largest absolute Gasteiger partial charge is 0.482 e. The SMILES string of the molecule is Cc1c(N=c2scc(-c3ccc4c(c3)NC(=O)CO4)n2C2CCCC(C)C2C)c(=O)n(-c2ccccc2)n1C. The van der Waals surface area contributed by atoms with Gasteiger partial charge in [-0.25, -0.2) is 9.67 Å². The van der Waals surface area contributed by atoms with Crippen molar-refractivity contribution in [1.29, 1.82) is 0 Å². The molecule has 9 heteroatoms. The van der Waals surface area contributed by atoms with E-state index < -0.39 is 0 Å². The molecule has 202 valence electrons. The van der Waals surface area contributed by atoms with Crippen LogP contribution in [0.5, 0.6) is 5.75 Å². The highest BCUT2D eigenvalue weighted by molar-refractivity contribution is 7.07. The number of thiazole rings is 1. The summed E-state index contributed by atoms with van der Waals surface area (Å²) in [7, 11) is 1.89. The van der Waals surface area contributed by atoms with Crippen LogP contribution in [0, 0.1) is 18.8 Å². The van der Waals surface area contributed by atoms with Crippen molar-refractivity contribution in [3.63, 3.8) is 0 Å². The van der Waals surface area contributed by atoms with Gasteiger partial charge in [-0.05, 0) is 55.5 Å². The van der Waals surface area contributed by atoms with E-state index in [1.54, 1.807) is 16.0 Å². The minimum absolute atomic E-state index is 0.0300. The molecule has 1 amide bonds. The van der Waals surface area contributed by atoms with E-state index in [4.69, 9.17) is 9.73 Å². The van der Waals surface area contributed by atoms with Crippen LogP contribution in [0.25, 0.3) is 16.9 Å². The summed E-state index contributed by atoms with van der Waals surface area (Å²) in [6, 6.07) is 15.8. The Kier molecular flexibility index (Phi) is 6.54. The molecule has 8 nitrogen and oxygen atoms in total. The number of nitrogens with one attached hydrogen (secondary N) is 1. The van der Waals surface area contributed by atoms with Gasteiger partial charge in [-0.2, -0.15) is 0 Å². The predicted octanol–water partition coefficient (Wildman–Crippen LogP) is 5.57. The zero-order valence-corrected chi connectivity index (χ0v) is 23.5. The smallest absolute Gasteiger partial charge is 0.297 e. The fourth-order valence-corrected chi connectivity index (χ4v) is 6.83. The summed E-state index contributed by atoms with van der Waals surface area (Å²) in [5.41, 5.74) is 4.62. The van der Waals surface area contributed by atoms with E-state index in [2.05, 4.69) is 29.1 Å². The number of rotatable bonds is 4. The molecular formula is C30H33N5O3S. The lowest BCUT2D eigenvalue weighted by atomic mass is 9.78. The summed E-state index contributed by atoms with van der Waals surface area (Å²) in [6.07, 6.45) is 3.42. The third kappa shape index (κ3) is 4.44. The van der Waals surface area contributed by atoms with Gasteiger partial charge >= 0.3 is 0 Å². The molecule has 3 heterocycles. The molecule has 0 spiro atoms. The van der Waals surface area contributed by atoms with Crippen molar-refractivity contribution in [3.8, 4) is 22.7 Å². The van der Waals surface area contributed by atoms with E-state index in [-0.39, 0.29) is 24.1 Å². The Hall–Kier alpha value is -3.85. The van der Waals surface area contributed by atoms with Gasteiger partial charge in [0.2, 0.25) is 0 Å². The Bertz CT molecular complexity index is 1680. The maximum absolute atomic E-state index is 13.7. The van der Waals surface area contributed by atoms with Crippen molar-refractivity contribution < 1.29 is 9.53 Å². The molecule has 3 atom stereocenters. The Balaban J connectivity index is 1.54. The van der Waals surface area contributed by atoms with Crippen molar-refractivity contribution in [2.75, 3.05) is 11.9 Å². The van der Waals surface area contributed by atoms with Crippen molar-refractivity contribution in [1.82, 2.24) is 13.9 Å². The summed E-state index contributed by atoms with van der Waals surface area (Å²) in [6.45, 7) is 6.62. The molecule has 2 aliphatic rings. The first-order valence-electron chi connectivity index (χ1n) is 13.5. The van der Waals surface area contributed by atoms with Crippen LogP contribution in [-0.4, -0.2) is 26.4 Å². The summed E-state index contributed by atoms with van der Waals surface area (Å²) >= 11 is 1.55. The normalized spacial score (nSPS) is 21.4. The second-order valence-corrected chi connectivity index (χ2v) is 11.5. The maximum atomic E-state index is 13.7. The van der Waals surface area contributed by atoms with Gasteiger partial charge in [-0.3, -0.25) is 14.3 Å². The quantitative estimate of drug-likeness (QED) is 0.365. The molecule has 2 aromatic carbocycles. The van der Waals surface area contributed by atoms with Gasteiger partial charge in [0.15, 0.2) is 17.1 Å². The molecule has 0 saturated heterocycles. The molecule has 1 aliphatic carbocycles. The number of ether oxygens (including phenoxy) is 1. The zero-order chi connectivity index (χ0) is 27.3. The summed E-state index contributed by atoms with van der Waals surface area (Å²) in [5.74, 6) is 1.55. The first-order chi connectivity index (χ1) is 18.8. The topological polar surface area (TPSA) is 82.6 Å². The Labute approximate surface area is 231 Å². The van der Waals surface area contributed by atoms with E-state index in [9.17, 15) is 9.59 Å². The number of amides is 1. The number of carbonyl (C=O) groups excluding carboxylic acids is 1. The minimum atomic E-state index is -0.155. The Morgan fingerprint density at radius 3 is 2.67 bits per heavy atom. The third-order valence-corrected chi connectivity index (χ3v) is 9.22. The molecule has 0 radical (unpaired) electrons. The number of anilines is 1. The van der Waals surface area contributed by atoms with Gasteiger partial charge in [0.1, 0.15) is 5.75 Å². The number of benzene rings is 2. The fourth-order valence-electron chi connectivity index (χ4n) is 5.87. The lowest BCUT2D eigenvalue weighted by molar-refractivity contribution is -0.118. The third-order valence-electron chi connectivity index (χ3n) is 8.38. The second kappa shape index (κ2) is 10.0. The average molecular weight is 544 g/mol. The van der Waals surface area contributed by atoms with Crippen LogP contribution in [0.15, 0.2) is 63.7 Å². The van der Waals surface area contributed by atoms with Gasteiger partial charge in [0.05, 0.1) is 22.8 Å². The van der Waals surface area contributed by atoms with Gasteiger partial charge in [-0.15, -0.1) is 11.3 Å². The average Bonchev–Trinajstić information content (AvgIpc) is 3.44. The highest BCUT2D eigenvalue weighted by Gasteiger charge is 2.31. The number of para-hydroxylation sites is 1. The number of hydrogen-bond acceptors (Lipinski definition) is 5. The Morgan fingerprint density at radius 2 is 1.87 bits per heavy atom. The molecule has 39 heavy (non-hydrogen) atoms. The summed E-state index contributed by atoms with van der Waals surface area (Å²) in [5, 5.41) is 5.05. The monoisotopic (exact) mass is 543 g/mol. The number of nitrogens with zero attached hydrogens (tertiary/aromatic N) is 4. The van der Waals surface area contributed by atoms with E-state index in [1.807, 2.05) is 67.2 Å². The first-order valence-corrected chi connectivity index (χ1v) is 14.4. The van der Waals surface area contributed by atoms with Crippen molar-refractivity contribution in [3.05, 3.63) is 74.8 Å². The molecule has 0 bridgehead atoms. The van der Waals surface area contributed by atoms with Crippen LogP contribution in [0.4, 0.5) is 11.4 Å². The van der Waals surface area contributed by atoms with Gasteiger partial charge < -0.3 is 14.6 Å². The van der Waals surface area contributed by atoms with Crippen LogP contribution >= 0.6 is 11.3 Å². The number of hydrogen-bond donors (Lipinski definition) is 1. The van der Waals surface area contributed by atoms with Crippen molar-refractivity contribution >= 4 is 28.6 Å². The van der Waals surface area contributed by atoms with Crippen molar-refractivity contribution in [2.24, 2.45) is 23.9 Å². The lowest BCUT2D eigenvalue weighted by Crippen LogP contribution is -2.32. The van der Waals surface area contributed by atoms with Gasteiger partial charge in [0.25, 0.3) is 11.5 Å². The Morgan fingerprint density at radius 1 is 1.08 bits per heavy atom. The molecule has 4 aromatic rings. The van der Waals surface area contributed by atoms with E-state index in [0.717, 1.165) is 40.3 Å². The summed E-state index contributed by atoms with van der Waals surface area (Å²) < 4.78 is 11.5. The van der Waals surface area contributed by atoms with E-state index in [0.29, 0.717) is 29.0 Å². The van der Waals surface area contributed by atoms with Crippen LogP contribution in [-0.2, 0) is 11.8 Å². The molecular weight excluding hydrogens is 510 g/mol. The maximum Gasteiger partial charge on any atom is 0.297 e. The van der Waals surface area contributed by atoms with E-state index >= 15 is 0 Å². The first kappa shape index (κ1) is 25.4. The zero-order valence-electron chi connectivity index (χ0n) is 22.7. The predicted molar refractivity (Wildman–Crippen MR) is 154 cm³/mol. The summed E-state index contributed by atoms with van der Waals surface area (Å²) in [4.78, 5) is 31.5. The molecule has 6 rings (SSSR count). The van der Waals surface area contributed by atoms with Crippen LogP contribution in [0.1, 0.15) is 44.8 Å². The number of aromatic nitrogens is 3. The number of fused-ring (bicyclic) bond motifs is 1. The van der Waals surface area contributed by atoms with Crippen LogP contribution in [0.2, 0.25) is 0 Å². The number of carbonyl (C=O) groups is 1. The minimum Gasteiger partial charge on any atom is -0.482 e. The highest BCUT2D eigenvalue weighted by Crippen LogP contribution is 2.41. The van der Waals surface area contributed by atoms with Gasteiger partial charge in [-0.1, -0.05) is 44.9 Å².